The lowest BCUT2D eigenvalue weighted by Gasteiger charge is -2.29. The maximum atomic E-state index is 6.13. The normalized spacial score (nSPS) is 23.9. The molecule has 1 saturated carbocycles. The molecule has 2 heterocycles. The third-order valence-corrected chi connectivity index (χ3v) is 5.09. The lowest BCUT2D eigenvalue weighted by atomic mass is 9.95. The Morgan fingerprint density at radius 2 is 2.26 bits per heavy atom. The molecule has 0 saturated heterocycles. The Kier molecular flexibility index (Phi) is 3.39. The summed E-state index contributed by atoms with van der Waals surface area (Å²) in [5.41, 5.74) is 9.11. The fraction of sp³-hybridized carbons (Fsp3) is 0.571. The molecule has 102 valence electrons. The second-order valence-corrected chi connectivity index (χ2v) is 6.51. The highest BCUT2D eigenvalue weighted by Crippen LogP contribution is 2.36. The largest absolute Gasteiger partial charge is 0.369 e. The Hall–Kier alpha value is -1.23. The highest BCUT2D eigenvalue weighted by Gasteiger charge is 2.25. The molecule has 0 spiro atoms. The van der Waals surface area contributed by atoms with E-state index < -0.39 is 0 Å². The van der Waals surface area contributed by atoms with Gasteiger partial charge in [0.05, 0.1) is 0 Å². The van der Waals surface area contributed by atoms with Gasteiger partial charge in [-0.1, -0.05) is 6.42 Å². The molecular weight excluding hydrogens is 256 g/mol. The Balaban J connectivity index is 2.02. The number of anilines is 1. The first-order valence-electron chi connectivity index (χ1n) is 6.82. The Morgan fingerprint density at radius 1 is 1.42 bits per heavy atom. The molecule has 2 aromatic rings. The van der Waals surface area contributed by atoms with Crippen LogP contribution < -0.4 is 5.73 Å². The van der Waals surface area contributed by atoms with Gasteiger partial charge in [0.25, 0.3) is 0 Å². The number of hydrogen-bond acceptors (Lipinski definition) is 4. The smallest absolute Gasteiger partial charge is 0.202 e. The molecule has 1 aliphatic rings. The van der Waals surface area contributed by atoms with Crippen LogP contribution in [-0.2, 0) is 0 Å². The fourth-order valence-corrected chi connectivity index (χ4v) is 3.85. The topological polar surface area (TPSA) is 56.7 Å². The Morgan fingerprint density at radius 3 is 3.05 bits per heavy atom. The van der Waals surface area contributed by atoms with Crippen molar-refractivity contribution in [1.82, 2.24) is 14.5 Å². The highest BCUT2D eigenvalue weighted by molar-refractivity contribution is 7.99. The summed E-state index contributed by atoms with van der Waals surface area (Å²) >= 11 is 1.97. The maximum absolute atomic E-state index is 6.13. The number of nitrogens with two attached hydrogens (primary N) is 1. The number of rotatable bonds is 2. The van der Waals surface area contributed by atoms with Crippen molar-refractivity contribution in [2.45, 2.75) is 43.9 Å². The molecule has 19 heavy (non-hydrogen) atoms. The van der Waals surface area contributed by atoms with Crippen molar-refractivity contribution in [1.29, 1.82) is 0 Å². The van der Waals surface area contributed by atoms with Crippen LogP contribution in [0.5, 0.6) is 0 Å². The second-order valence-electron chi connectivity index (χ2n) is 5.37. The molecule has 0 aromatic carbocycles. The molecular formula is C14H20N4S. The predicted molar refractivity (Wildman–Crippen MR) is 81.5 cm³/mol. The number of nitrogen functional groups attached to an aromatic ring is 1. The van der Waals surface area contributed by atoms with Gasteiger partial charge in [-0.2, -0.15) is 11.8 Å². The number of thioether (sulfide) groups is 1. The summed E-state index contributed by atoms with van der Waals surface area (Å²) in [5, 5.41) is 0.737. The van der Waals surface area contributed by atoms with Crippen molar-refractivity contribution in [2.75, 3.05) is 12.0 Å². The molecule has 0 radical (unpaired) electrons. The monoisotopic (exact) mass is 276 g/mol. The minimum absolute atomic E-state index is 0.450. The van der Waals surface area contributed by atoms with E-state index >= 15 is 0 Å². The molecule has 0 bridgehead atoms. The highest BCUT2D eigenvalue weighted by atomic mass is 32.2. The van der Waals surface area contributed by atoms with E-state index in [0.717, 1.165) is 22.0 Å². The fourth-order valence-electron chi connectivity index (χ4n) is 3.03. The van der Waals surface area contributed by atoms with Gasteiger partial charge < -0.3 is 5.73 Å². The van der Waals surface area contributed by atoms with Gasteiger partial charge in [0.1, 0.15) is 5.52 Å². The summed E-state index contributed by atoms with van der Waals surface area (Å²) in [7, 11) is 0. The van der Waals surface area contributed by atoms with Gasteiger partial charge in [-0.15, -0.1) is 0 Å². The van der Waals surface area contributed by atoms with E-state index in [0.29, 0.717) is 12.0 Å². The van der Waals surface area contributed by atoms with Crippen LogP contribution in [0, 0.1) is 6.92 Å². The van der Waals surface area contributed by atoms with Gasteiger partial charge in [-0.25, -0.2) is 9.97 Å². The average Bonchev–Trinajstić information content (AvgIpc) is 2.73. The summed E-state index contributed by atoms with van der Waals surface area (Å²) in [6.07, 6.45) is 9.03. The van der Waals surface area contributed by atoms with Gasteiger partial charge in [-0.05, 0) is 44.1 Å². The van der Waals surface area contributed by atoms with E-state index in [1.165, 1.54) is 25.7 Å². The molecule has 0 amide bonds. The van der Waals surface area contributed by atoms with E-state index in [2.05, 4.69) is 26.9 Å². The molecule has 2 aromatic heterocycles. The molecule has 5 heteroatoms. The standard InChI is InChI=1S/C14H20N4S/c1-9-6-12-13(16-8-9)18(14(15)17-12)10-4-3-5-11(7-10)19-2/h6,8,10-11H,3-5,7H2,1-2H3,(H2,15,17). The molecule has 2 atom stereocenters. The number of aromatic nitrogens is 3. The molecule has 1 aliphatic carbocycles. The first-order valence-corrected chi connectivity index (χ1v) is 8.10. The van der Waals surface area contributed by atoms with Crippen molar-refractivity contribution in [3.8, 4) is 0 Å². The van der Waals surface area contributed by atoms with Crippen molar-refractivity contribution in [3.05, 3.63) is 17.8 Å². The van der Waals surface area contributed by atoms with E-state index in [4.69, 9.17) is 5.73 Å². The van der Waals surface area contributed by atoms with Gasteiger partial charge in [-0.3, -0.25) is 4.57 Å². The number of fused-ring (bicyclic) bond motifs is 1. The summed E-state index contributed by atoms with van der Waals surface area (Å²) in [6, 6.07) is 2.51. The van der Waals surface area contributed by atoms with Gasteiger partial charge in [0, 0.05) is 17.5 Å². The van der Waals surface area contributed by atoms with Crippen molar-refractivity contribution < 1.29 is 0 Å². The summed E-state index contributed by atoms with van der Waals surface area (Å²) in [5.74, 6) is 0.611. The van der Waals surface area contributed by atoms with E-state index in [1.54, 1.807) is 0 Å². The van der Waals surface area contributed by atoms with Crippen LogP contribution in [0.3, 0.4) is 0 Å². The van der Waals surface area contributed by atoms with Crippen LogP contribution >= 0.6 is 11.8 Å². The second kappa shape index (κ2) is 5.04. The average molecular weight is 276 g/mol. The van der Waals surface area contributed by atoms with Crippen LogP contribution in [0.2, 0.25) is 0 Å². The molecule has 1 fully saturated rings. The van der Waals surface area contributed by atoms with Gasteiger partial charge in [0.15, 0.2) is 5.65 Å². The van der Waals surface area contributed by atoms with Crippen LogP contribution in [0.15, 0.2) is 12.3 Å². The lowest BCUT2D eigenvalue weighted by molar-refractivity contribution is 0.370. The predicted octanol–water partition coefficient (Wildman–Crippen LogP) is 3.17. The van der Waals surface area contributed by atoms with Crippen molar-refractivity contribution >= 4 is 28.9 Å². The molecule has 2 N–H and O–H groups in total. The number of imidazole rings is 1. The number of aryl methyl sites for hydroxylation is 1. The minimum atomic E-state index is 0.450. The Labute approximate surface area is 117 Å². The van der Waals surface area contributed by atoms with E-state index in [9.17, 15) is 0 Å². The lowest BCUT2D eigenvalue weighted by Crippen LogP contribution is -2.22. The zero-order valence-electron chi connectivity index (χ0n) is 11.5. The van der Waals surface area contributed by atoms with Gasteiger partial charge in [0.2, 0.25) is 5.95 Å². The van der Waals surface area contributed by atoms with E-state index in [-0.39, 0.29) is 0 Å². The van der Waals surface area contributed by atoms with E-state index in [1.807, 2.05) is 24.9 Å². The van der Waals surface area contributed by atoms with Crippen LogP contribution in [0.25, 0.3) is 11.2 Å². The molecule has 4 nitrogen and oxygen atoms in total. The quantitative estimate of drug-likeness (QED) is 0.915. The number of hydrogen-bond donors (Lipinski definition) is 1. The van der Waals surface area contributed by atoms with Crippen LogP contribution in [0.1, 0.15) is 37.3 Å². The first-order chi connectivity index (χ1) is 9.19. The van der Waals surface area contributed by atoms with Crippen LogP contribution in [0.4, 0.5) is 5.95 Å². The third kappa shape index (κ3) is 2.31. The van der Waals surface area contributed by atoms with Crippen molar-refractivity contribution in [2.24, 2.45) is 0 Å². The maximum Gasteiger partial charge on any atom is 0.202 e. The Bertz CT molecular complexity index is 592. The first kappa shape index (κ1) is 12.8. The number of pyridine rings is 1. The summed E-state index contributed by atoms with van der Waals surface area (Å²) in [6.45, 7) is 2.03. The minimum Gasteiger partial charge on any atom is -0.369 e. The molecule has 0 aliphatic heterocycles. The SMILES string of the molecule is CSC1CCCC(n2c(N)nc3cc(C)cnc32)C1. The molecule has 3 rings (SSSR count). The zero-order chi connectivity index (χ0) is 13.4. The summed E-state index contributed by atoms with van der Waals surface area (Å²) in [4.78, 5) is 9.01. The molecule has 2 unspecified atom stereocenters. The zero-order valence-corrected chi connectivity index (χ0v) is 12.3. The van der Waals surface area contributed by atoms with Crippen molar-refractivity contribution in [3.63, 3.8) is 0 Å². The van der Waals surface area contributed by atoms with Gasteiger partial charge >= 0.3 is 0 Å². The summed E-state index contributed by atoms with van der Waals surface area (Å²) < 4.78 is 2.15. The third-order valence-electron chi connectivity index (χ3n) is 3.99. The van der Waals surface area contributed by atoms with Crippen LogP contribution in [-0.4, -0.2) is 26.0 Å². The number of nitrogens with zero attached hydrogens (tertiary/aromatic N) is 3.